The van der Waals surface area contributed by atoms with E-state index in [1.807, 2.05) is 0 Å². The molecular weight excluding hydrogens is 310 g/mol. The fourth-order valence-corrected chi connectivity index (χ4v) is 3.69. The molecule has 1 aliphatic heterocycles. The largest absolute Gasteiger partial charge is 0.440 e. The van der Waals surface area contributed by atoms with Gasteiger partial charge >= 0.3 is 6.09 Å². The van der Waals surface area contributed by atoms with Gasteiger partial charge in [0.15, 0.2) is 6.10 Å². The number of benzene rings is 1. The minimum absolute atomic E-state index is 0.0685. The first kappa shape index (κ1) is 16.5. The number of aliphatic hydroxyl groups excluding tert-OH is 2. The molecule has 2 rings (SSSR count). The van der Waals surface area contributed by atoms with Crippen LogP contribution < -0.4 is 0 Å². The highest BCUT2D eigenvalue weighted by atomic mass is 32.2. The third kappa shape index (κ3) is 2.72. The highest BCUT2D eigenvalue weighted by Gasteiger charge is 2.49. The summed E-state index contributed by atoms with van der Waals surface area (Å²) in [5.74, 6) is 0. The summed E-state index contributed by atoms with van der Waals surface area (Å²) in [5, 5.41) is 18.7. The monoisotopic (exact) mass is 327 g/mol. The highest BCUT2D eigenvalue weighted by molar-refractivity contribution is 7.89. The second-order valence-electron chi connectivity index (χ2n) is 4.94. The lowest BCUT2D eigenvalue weighted by Gasteiger charge is -2.23. The Bertz CT molecular complexity index is 669. The Hall–Kier alpha value is -1.90. The van der Waals surface area contributed by atoms with Crippen molar-refractivity contribution >= 4 is 16.1 Å². The summed E-state index contributed by atoms with van der Waals surface area (Å²) in [7, 11) is -4.15. The normalized spacial score (nSPS) is 23.2. The average molecular weight is 327 g/mol. The van der Waals surface area contributed by atoms with Crippen molar-refractivity contribution in [3.63, 3.8) is 0 Å². The number of hydrogen-bond acceptors (Lipinski definition) is 6. The van der Waals surface area contributed by atoms with Crippen molar-refractivity contribution in [3.05, 3.63) is 42.5 Å². The van der Waals surface area contributed by atoms with E-state index in [0.717, 1.165) is 5.56 Å². The molecule has 22 heavy (non-hydrogen) atoms. The zero-order valence-corrected chi connectivity index (χ0v) is 12.7. The molecule has 1 heterocycles. The molecule has 120 valence electrons. The van der Waals surface area contributed by atoms with Gasteiger partial charge in [0.1, 0.15) is 12.1 Å². The number of cyclic esters (lactones) is 1. The highest BCUT2D eigenvalue weighted by Crippen LogP contribution is 2.29. The van der Waals surface area contributed by atoms with E-state index in [1.54, 1.807) is 19.1 Å². The Morgan fingerprint density at radius 2 is 2.00 bits per heavy atom. The van der Waals surface area contributed by atoms with Gasteiger partial charge in [0, 0.05) is 0 Å². The Kier molecular flexibility index (Phi) is 4.55. The maximum Gasteiger partial charge on any atom is 0.425 e. The van der Waals surface area contributed by atoms with E-state index < -0.39 is 41.0 Å². The average Bonchev–Trinajstić information content (AvgIpc) is 2.84. The van der Waals surface area contributed by atoms with E-state index in [9.17, 15) is 18.3 Å². The molecule has 3 atom stereocenters. The van der Waals surface area contributed by atoms with E-state index in [1.165, 1.54) is 18.2 Å². The van der Waals surface area contributed by atoms with Gasteiger partial charge in [-0.25, -0.2) is 13.2 Å². The van der Waals surface area contributed by atoms with E-state index in [0.29, 0.717) is 4.31 Å². The van der Waals surface area contributed by atoms with E-state index in [-0.39, 0.29) is 4.90 Å². The summed E-state index contributed by atoms with van der Waals surface area (Å²) in [5.41, 5.74) is 0.872. The van der Waals surface area contributed by atoms with Crippen molar-refractivity contribution in [2.75, 3.05) is 6.61 Å². The summed E-state index contributed by atoms with van der Waals surface area (Å²) >= 11 is 0. The number of aliphatic hydroxyl groups is 2. The van der Waals surface area contributed by atoms with Gasteiger partial charge in [0.05, 0.1) is 11.5 Å². The van der Waals surface area contributed by atoms with Crippen molar-refractivity contribution in [2.45, 2.75) is 30.1 Å². The Labute approximate surface area is 128 Å². The van der Waals surface area contributed by atoms with Crippen LogP contribution in [0.15, 0.2) is 41.8 Å². The first-order chi connectivity index (χ1) is 10.3. The number of ether oxygens (including phenoxy) is 1. The van der Waals surface area contributed by atoms with Crippen LogP contribution in [0.2, 0.25) is 0 Å². The van der Waals surface area contributed by atoms with Gasteiger partial charge < -0.3 is 14.9 Å². The Morgan fingerprint density at radius 1 is 1.41 bits per heavy atom. The number of carbonyl (C=O) groups is 1. The van der Waals surface area contributed by atoms with Crippen LogP contribution >= 0.6 is 0 Å². The van der Waals surface area contributed by atoms with Gasteiger partial charge in [-0.15, -0.1) is 6.58 Å². The minimum Gasteiger partial charge on any atom is -0.440 e. The van der Waals surface area contributed by atoms with Crippen LogP contribution in [0.5, 0.6) is 0 Å². The molecule has 8 heteroatoms. The molecule has 1 saturated heterocycles. The van der Waals surface area contributed by atoms with Gasteiger partial charge in [-0.2, -0.15) is 4.31 Å². The topological polar surface area (TPSA) is 104 Å². The fourth-order valence-electron chi connectivity index (χ4n) is 2.22. The van der Waals surface area contributed by atoms with Crippen LogP contribution in [0.1, 0.15) is 5.56 Å². The lowest BCUT2D eigenvalue weighted by atomic mass is 10.1. The van der Waals surface area contributed by atoms with E-state index in [2.05, 4.69) is 6.58 Å². The van der Waals surface area contributed by atoms with Crippen LogP contribution in [-0.4, -0.2) is 53.9 Å². The first-order valence-corrected chi connectivity index (χ1v) is 8.00. The van der Waals surface area contributed by atoms with Crippen LogP contribution in [0.25, 0.3) is 0 Å². The first-order valence-electron chi connectivity index (χ1n) is 6.56. The molecule has 0 saturated carbocycles. The number of aryl methyl sites for hydroxylation is 1. The molecule has 1 fully saturated rings. The van der Waals surface area contributed by atoms with Gasteiger partial charge in [-0.3, -0.25) is 0 Å². The Morgan fingerprint density at radius 3 is 2.50 bits per heavy atom. The second kappa shape index (κ2) is 6.07. The Balaban J connectivity index is 2.43. The predicted molar refractivity (Wildman–Crippen MR) is 77.6 cm³/mol. The predicted octanol–water partition coefficient (Wildman–Crippen LogP) is 0.412. The molecule has 1 aromatic carbocycles. The number of nitrogens with zero attached hydrogens (tertiary/aromatic N) is 1. The third-order valence-electron chi connectivity index (χ3n) is 3.41. The van der Waals surface area contributed by atoms with E-state index >= 15 is 0 Å². The third-order valence-corrected chi connectivity index (χ3v) is 5.19. The number of amides is 1. The zero-order chi connectivity index (χ0) is 16.5. The molecule has 2 N–H and O–H groups in total. The molecule has 0 bridgehead atoms. The fraction of sp³-hybridized carbons (Fsp3) is 0.357. The summed E-state index contributed by atoms with van der Waals surface area (Å²) < 4.78 is 30.7. The zero-order valence-electron chi connectivity index (χ0n) is 11.9. The number of carbonyl (C=O) groups excluding carboxylic acids is 1. The molecule has 0 aliphatic carbocycles. The number of sulfonamides is 1. The maximum absolute atomic E-state index is 12.6. The van der Waals surface area contributed by atoms with Crippen molar-refractivity contribution in [2.24, 2.45) is 0 Å². The van der Waals surface area contributed by atoms with Crippen molar-refractivity contribution < 1.29 is 28.2 Å². The van der Waals surface area contributed by atoms with Crippen LogP contribution in [0, 0.1) is 6.92 Å². The second-order valence-corrected chi connectivity index (χ2v) is 6.75. The lowest BCUT2D eigenvalue weighted by Crippen LogP contribution is -2.44. The van der Waals surface area contributed by atoms with E-state index in [4.69, 9.17) is 9.84 Å². The summed E-state index contributed by atoms with van der Waals surface area (Å²) in [6.07, 6.45) is -2.51. The van der Waals surface area contributed by atoms with Gasteiger partial charge in [-0.1, -0.05) is 23.8 Å². The van der Waals surface area contributed by atoms with Crippen LogP contribution in [0.3, 0.4) is 0 Å². The molecule has 1 aliphatic rings. The number of hydrogen-bond donors (Lipinski definition) is 2. The lowest BCUT2D eigenvalue weighted by molar-refractivity contribution is -0.00797. The molecular formula is C14H17NO6S. The van der Waals surface area contributed by atoms with Gasteiger partial charge in [0.25, 0.3) is 10.0 Å². The molecule has 0 spiro atoms. The van der Waals surface area contributed by atoms with Crippen LogP contribution in [-0.2, 0) is 14.8 Å². The molecule has 1 aromatic rings. The molecule has 0 unspecified atom stereocenters. The number of rotatable bonds is 5. The molecule has 0 aromatic heterocycles. The standard InChI is InChI=1S/C14H17NO6S/c1-3-11-13(12(17)8-16)21-14(18)15(11)22(19,20)10-6-4-9(2)5-7-10/h3-7,11-13,16-17H,1,8H2,2H3/t11-,12+,13+/m0/s1. The SMILES string of the molecule is C=C[C@H]1[C@H]([C@H](O)CO)OC(=O)N1S(=O)(=O)c1ccc(C)cc1. The molecule has 1 amide bonds. The maximum atomic E-state index is 12.6. The summed E-state index contributed by atoms with van der Waals surface area (Å²) in [6.45, 7) is 4.62. The minimum atomic E-state index is -4.15. The van der Waals surface area contributed by atoms with Gasteiger partial charge in [-0.05, 0) is 19.1 Å². The van der Waals surface area contributed by atoms with Crippen molar-refractivity contribution in [3.8, 4) is 0 Å². The van der Waals surface area contributed by atoms with Crippen molar-refractivity contribution in [1.29, 1.82) is 0 Å². The molecule has 7 nitrogen and oxygen atoms in total. The van der Waals surface area contributed by atoms with Crippen molar-refractivity contribution in [1.82, 2.24) is 4.31 Å². The molecule has 0 radical (unpaired) electrons. The van der Waals surface area contributed by atoms with Gasteiger partial charge in [0.2, 0.25) is 0 Å². The summed E-state index contributed by atoms with van der Waals surface area (Å²) in [6, 6.07) is 4.89. The van der Waals surface area contributed by atoms with Crippen LogP contribution in [0.4, 0.5) is 4.79 Å². The quantitative estimate of drug-likeness (QED) is 0.759. The smallest absolute Gasteiger partial charge is 0.425 e. The summed E-state index contributed by atoms with van der Waals surface area (Å²) in [4.78, 5) is 11.9.